The van der Waals surface area contributed by atoms with Crippen molar-refractivity contribution in [1.29, 1.82) is 0 Å². The van der Waals surface area contributed by atoms with Crippen molar-refractivity contribution in [2.24, 2.45) is 0 Å². The summed E-state index contributed by atoms with van der Waals surface area (Å²) in [5, 5.41) is 2.55. The molecule has 1 aliphatic rings. The van der Waals surface area contributed by atoms with Crippen molar-refractivity contribution in [2.45, 2.75) is 12.2 Å². The van der Waals surface area contributed by atoms with Crippen LogP contribution in [0.5, 0.6) is 0 Å². The number of benzene rings is 1. The summed E-state index contributed by atoms with van der Waals surface area (Å²) < 4.78 is 65.4. The van der Waals surface area contributed by atoms with Gasteiger partial charge in [0.05, 0.1) is 18.1 Å². The number of rotatable bonds is 4. The molecule has 0 spiro atoms. The summed E-state index contributed by atoms with van der Waals surface area (Å²) in [7, 11) is 0. The van der Waals surface area contributed by atoms with Gasteiger partial charge in [-0.1, -0.05) is 11.6 Å². The van der Waals surface area contributed by atoms with E-state index in [9.17, 15) is 22.4 Å². The number of halogens is 5. The zero-order valence-electron chi connectivity index (χ0n) is 16.0. The first-order valence-electron chi connectivity index (χ1n) is 9.08. The Kier molecular flexibility index (Phi) is 6.04. The second-order valence-corrected chi connectivity index (χ2v) is 7.12. The molecule has 1 fully saturated rings. The summed E-state index contributed by atoms with van der Waals surface area (Å²) in [6, 6.07) is 4.08. The van der Waals surface area contributed by atoms with Crippen molar-refractivity contribution in [3.8, 4) is 11.1 Å². The van der Waals surface area contributed by atoms with Crippen molar-refractivity contribution in [3.05, 3.63) is 71.0 Å². The van der Waals surface area contributed by atoms with Gasteiger partial charge in [0.15, 0.2) is 0 Å². The minimum Gasteiger partial charge on any atom is -0.341 e. The topological polar surface area (TPSA) is 86.2 Å². The van der Waals surface area contributed by atoms with Gasteiger partial charge in [-0.25, -0.2) is 27.5 Å². The summed E-state index contributed by atoms with van der Waals surface area (Å²) in [5.41, 5.74) is -0.572. The Morgan fingerprint density at radius 2 is 1.81 bits per heavy atom. The van der Waals surface area contributed by atoms with E-state index in [0.717, 1.165) is 30.6 Å². The maximum absolute atomic E-state index is 14.5. The van der Waals surface area contributed by atoms with Gasteiger partial charge in [0.25, 0.3) is 11.8 Å². The van der Waals surface area contributed by atoms with Gasteiger partial charge >= 0.3 is 0 Å². The number of anilines is 1. The number of nitrogens with zero attached hydrogens (tertiary/aromatic N) is 3. The van der Waals surface area contributed by atoms with Crippen molar-refractivity contribution in [2.75, 3.05) is 18.5 Å². The molecule has 4 rings (SSSR count). The molecule has 2 aromatic heterocycles. The molecule has 3 aromatic rings. The number of hydrogen-bond acceptors (Lipinski definition) is 6. The predicted molar refractivity (Wildman–Crippen MR) is 104 cm³/mol. The van der Waals surface area contributed by atoms with E-state index in [1.54, 1.807) is 0 Å². The van der Waals surface area contributed by atoms with Crippen LogP contribution in [0.1, 0.15) is 22.5 Å². The highest BCUT2D eigenvalue weighted by molar-refractivity contribution is 6.29. The van der Waals surface area contributed by atoms with Crippen LogP contribution in [0.25, 0.3) is 11.1 Å². The van der Waals surface area contributed by atoms with Gasteiger partial charge in [-0.05, 0) is 24.3 Å². The van der Waals surface area contributed by atoms with Crippen LogP contribution >= 0.6 is 11.6 Å². The van der Waals surface area contributed by atoms with Crippen LogP contribution in [0.4, 0.5) is 23.2 Å². The van der Waals surface area contributed by atoms with Crippen LogP contribution in [0, 0.1) is 11.6 Å². The molecule has 0 unspecified atom stereocenters. The second kappa shape index (κ2) is 8.77. The lowest BCUT2D eigenvalue weighted by Gasteiger charge is -2.30. The number of amides is 1. The molecule has 0 atom stereocenters. The van der Waals surface area contributed by atoms with Gasteiger partial charge < -0.3 is 14.8 Å². The van der Waals surface area contributed by atoms with Gasteiger partial charge in [-0.2, -0.15) is 0 Å². The van der Waals surface area contributed by atoms with Crippen molar-refractivity contribution >= 4 is 23.2 Å². The van der Waals surface area contributed by atoms with Crippen LogP contribution in [0.15, 0.2) is 42.9 Å². The molecule has 0 bridgehead atoms. The lowest BCUT2D eigenvalue weighted by Crippen LogP contribution is -2.37. The third-order valence-electron chi connectivity index (χ3n) is 4.41. The minimum absolute atomic E-state index is 0.0202. The molecule has 12 heteroatoms. The normalized spacial score (nSPS) is 16.0. The molecule has 1 aromatic carbocycles. The Hall–Kier alpha value is -3.15. The molecule has 7 nitrogen and oxygen atoms in total. The standard InChI is InChI=1S/C20H13ClF4N4O3/c21-15-7-27-14(6-28-15)18(30)29-16-11(12-5-10(22)1-2-13(12)23)3-4-26-17(16)19-31-8-20(24,25)9-32-19/h1-7,19H,8-9H2,(H,29,30). The fourth-order valence-corrected chi connectivity index (χ4v) is 3.06. The van der Waals surface area contributed by atoms with Crippen LogP contribution in [-0.2, 0) is 9.47 Å². The van der Waals surface area contributed by atoms with Gasteiger partial charge in [0.2, 0.25) is 6.29 Å². The van der Waals surface area contributed by atoms with E-state index >= 15 is 0 Å². The molecule has 1 amide bonds. The van der Waals surface area contributed by atoms with Gasteiger partial charge in [0, 0.05) is 17.3 Å². The molecule has 1 aliphatic heterocycles. The number of alkyl halides is 2. The Labute approximate surface area is 183 Å². The third-order valence-corrected chi connectivity index (χ3v) is 4.60. The van der Waals surface area contributed by atoms with E-state index < -0.39 is 43.0 Å². The summed E-state index contributed by atoms with van der Waals surface area (Å²) >= 11 is 5.68. The zero-order chi connectivity index (χ0) is 22.9. The van der Waals surface area contributed by atoms with E-state index in [1.807, 2.05) is 0 Å². The summed E-state index contributed by atoms with van der Waals surface area (Å²) in [6.07, 6.45) is 2.08. The van der Waals surface area contributed by atoms with Gasteiger partial charge in [-0.3, -0.25) is 9.78 Å². The highest BCUT2D eigenvalue weighted by atomic mass is 35.5. The monoisotopic (exact) mass is 468 g/mol. The van der Waals surface area contributed by atoms with E-state index in [4.69, 9.17) is 21.1 Å². The molecule has 0 radical (unpaired) electrons. The van der Waals surface area contributed by atoms with Gasteiger partial charge in [0.1, 0.15) is 41.4 Å². The Morgan fingerprint density at radius 1 is 1.06 bits per heavy atom. The first-order valence-corrected chi connectivity index (χ1v) is 9.45. The predicted octanol–water partition coefficient (Wildman–Crippen LogP) is 4.40. The first kappa shape index (κ1) is 22.1. The second-order valence-electron chi connectivity index (χ2n) is 6.73. The number of aromatic nitrogens is 3. The van der Waals surface area contributed by atoms with Crippen molar-refractivity contribution < 1.29 is 31.8 Å². The maximum Gasteiger partial charge on any atom is 0.293 e. The number of ether oxygens (including phenoxy) is 2. The van der Waals surface area contributed by atoms with E-state index in [2.05, 4.69) is 20.3 Å². The maximum atomic E-state index is 14.5. The molecule has 166 valence electrons. The average Bonchev–Trinajstić information content (AvgIpc) is 2.76. The summed E-state index contributed by atoms with van der Waals surface area (Å²) in [6.45, 7) is -1.90. The first-order chi connectivity index (χ1) is 15.2. The molecule has 32 heavy (non-hydrogen) atoms. The fraction of sp³-hybridized carbons (Fsp3) is 0.200. The van der Waals surface area contributed by atoms with Crippen LogP contribution in [-0.4, -0.2) is 40.0 Å². The summed E-state index contributed by atoms with van der Waals surface area (Å²) in [5.74, 6) is -5.51. The number of pyridine rings is 1. The Bertz CT molecular complexity index is 1150. The third kappa shape index (κ3) is 4.69. The molecular weight excluding hydrogens is 456 g/mol. The van der Waals surface area contributed by atoms with Crippen molar-refractivity contribution in [3.63, 3.8) is 0 Å². The molecule has 0 aliphatic carbocycles. The average molecular weight is 469 g/mol. The molecule has 1 saturated heterocycles. The smallest absolute Gasteiger partial charge is 0.293 e. The van der Waals surface area contributed by atoms with Gasteiger partial charge in [-0.15, -0.1) is 0 Å². The Balaban J connectivity index is 1.79. The van der Waals surface area contributed by atoms with Crippen molar-refractivity contribution in [1.82, 2.24) is 15.0 Å². The SMILES string of the molecule is O=C(Nc1c(-c2cc(F)ccc2F)ccnc1C1OCC(F)(F)CO1)c1cnc(Cl)cn1. The number of carbonyl (C=O) groups is 1. The molecule has 1 N–H and O–H groups in total. The largest absolute Gasteiger partial charge is 0.341 e. The highest BCUT2D eigenvalue weighted by Gasteiger charge is 2.39. The number of hydrogen-bond donors (Lipinski definition) is 1. The number of carbonyl (C=O) groups excluding carboxylic acids is 1. The van der Waals surface area contributed by atoms with E-state index in [1.165, 1.54) is 12.3 Å². The fourth-order valence-electron chi connectivity index (χ4n) is 2.97. The molecule has 3 heterocycles. The molecule has 0 saturated carbocycles. The van der Waals surface area contributed by atoms with E-state index in [-0.39, 0.29) is 33.4 Å². The Morgan fingerprint density at radius 3 is 2.50 bits per heavy atom. The van der Waals surface area contributed by atoms with Crippen LogP contribution in [0.2, 0.25) is 5.15 Å². The lowest BCUT2D eigenvalue weighted by atomic mass is 10.0. The minimum atomic E-state index is -3.20. The quantitative estimate of drug-likeness (QED) is 0.571. The van der Waals surface area contributed by atoms with E-state index in [0.29, 0.717) is 0 Å². The molecular formula is C20H13ClF4N4O3. The summed E-state index contributed by atoms with van der Waals surface area (Å²) in [4.78, 5) is 24.4. The van der Waals surface area contributed by atoms with Crippen LogP contribution < -0.4 is 5.32 Å². The zero-order valence-corrected chi connectivity index (χ0v) is 16.7. The highest BCUT2D eigenvalue weighted by Crippen LogP contribution is 2.38. The van der Waals surface area contributed by atoms with Crippen LogP contribution in [0.3, 0.4) is 0 Å². The number of nitrogens with one attached hydrogen (secondary N) is 1. The lowest BCUT2D eigenvalue weighted by molar-refractivity contribution is -0.272.